The van der Waals surface area contributed by atoms with Crippen LogP contribution in [0.5, 0.6) is 0 Å². The molecule has 2 heteroatoms. The quantitative estimate of drug-likeness (QED) is 0.799. The van der Waals surface area contributed by atoms with E-state index in [1.807, 2.05) is 66.9 Å². The van der Waals surface area contributed by atoms with Crippen molar-refractivity contribution < 1.29 is 9.53 Å². The minimum Gasteiger partial charge on any atom is -0.360 e. The molecule has 2 rings (SSSR count). The van der Waals surface area contributed by atoms with Gasteiger partial charge in [0, 0.05) is 7.11 Å². The highest BCUT2D eigenvalue weighted by Crippen LogP contribution is 2.30. The molecule has 0 aliphatic rings. The molecule has 2 nitrogen and oxygen atoms in total. The summed E-state index contributed by atoms with van der Waals surface area (Å²) >= 11 is 0. The second-order valence-electron chi connectivity index (χ2n) is 3.72. The molecule has 0 heterocycles. The molecular formula is C15H13O2. The minimum absolute atomic E-state index is 0.781. The third-order valence-corrected chi connectivity index (χ3v) is 2.81. The fraction of sp³-hybridized carbons (Fsp3) is 0.133. The maximum absolute atomic E-state index is 11.4. The average molecular weight is 225 g/mol. The summed E-state index contributed by atoms with van der Waals surface area (Å²) in [6, 6.07) is 18.8. The van der Waals surface area contributed by atoms with E-state index in [1.54, 1.807) is 0 Å². The second kappa shape index (κ2) is 4.93. The first-order valence-corrected chi connectivity index (χ1v) is 5.39. The fourth-order valence-electron chi connectivity index (χ4n) is 1.91. The molecule has 17 heavy (non-hydrogen) atoms. The molecule has 1 radical (unpaired) electrons. The molecule has 0 aliphatic heterocycles. The highest BCUT2D eigenvalue weighted by Gasteiger charge is 2.34. The van der Waals surface area contributed by atoms with Gasteiger partial charge in [-0.15, -0.1) is 0 Å². The molecule has 0 fully saturated rings. The molecule has 0 bridgehead atoms. The number of hydrogen-bond donors (Lipinski definition) is 0. The lowest BCUT2D eigenvalue weighted by Gasteiger charge is -2.26. The lowest BCUT2D eigenvalue weighted by Crippen LogP contribution is -2.31. The van der Waals surface area contributed by atoms with Crippen LogP contribution in [0.1, 0.15) is 11.1 Å². The first-order chi connectivity index (χ1) is 8.33. The number of methoxy groups -OCH3 is 1. The van der Waals surface area contributed by atoms with Gasteiger partial charge in [-0.25, -0.2) is 0 Å². The largest absolute Gasteiger partial charge is 0.360 e. The van der Waals surface area contributed by atoms with E-state index in [9.17, 15) is 4.79 Å². The smallest absolute Gasteiger partial charge is 0.243 e. The Hall–Kier alpha value is -1.93. The molecule has 0 amide bonds. The van der Waals surface area contributed by atoms with E-state index in [2.05, 4.69) is 0 Å². The SMILES string of the molecule is COC([C]=O)(c1ccccc1)c1ccccc1. The van der Waals surface area contributed by atoms with Gasteiger partial charge in [-0.3, -0.25) is 4.79 Å². The third-order valence-electron chi connectivity index (χ3n) is 2.81. The highest BCUT2D eigenvalue weighted by atomic mass is 16.5. The topological polar surface area (TPSA) is 26.3 Å². The number of benzene rings is 2. The Labute approximate surface area is 101 Å². The van der Waals surface area contributed by atoms with Crippen LogP contribution in [0.15, 0.2) is 60.7 Å². The Morgan fingerprint density at radius 1 is 0.882 bits per heavy atom. The van der Waals surface area contributed by atoms with Crippen molar-refractivity contribution >= 4 is 6.29 Å². The van der Waals surface area contributed by atoms with Gasteiger partial charge in [-0.2, -0.15) is 0 Å². The molecule has 0 saturated carbocycles. The molecule has 85 valence electrons. The summed E-state index contributed by atoms with van der Waals surface area (Å²) in [5.41, 5.74) is 0.426. The van der Waals surface area contributed by atoms with Crippen molar-refractivity contribution in [1.82, 2.24) is 0 Å². The van der Waals surface area contributed by atoms with Crippen molar-refractivity contribution in [3.63, 3.8) is 0 Å². The summed E-state index contributed by atoms with van der Waals surface area (Å²) < 4.78 is 5.44. The van der Waals surface area contributed by atoms with Crippen LogP contribution in [0.25, 0.3) is 0 Å². The normalized spacial score (nSPS) is 11.1. The van der Waals surface area contributed by atoms with Crippen molar-refractivity contribution in [2.24, 2.45) is 0 Å². The van der Waals surface area contributed by atoms with Gasteiger partial charge >= 0.3 is 0 Å². The monoisotopic (exact) mass is 225 g/mol. The van der Waals surface area contributed by atoms with Gasteiger partial charge in [0.05, 0.1) is 0 Å². The molecule has 0 N–H and O–H groups in total. The van der Waals surface area contributed by atoms with E-state index in [-0.39, 0.29) is 0 Å². The summed E-state index contributed by atoms with van der Waals surface area (Å²) in [5, 5.41) is 0. The highest BCUT2D eigenvalue weighted by molar-refractivity contribution is 5.73. The van der Waals surface area contributed by atoms with Crippen LogP contribution in [0.2, 0.25) is 0 Å². The maximum Gasteiger partial charge on any atom is 0.243 e. The van der Waals surface area contributed by atoms with E-state index in [0.29, 0.717) is 0 Å². The number of hydrogen-bond acceptors (Lipinski definition) is 2. The van der Waals surface area contributed by atoms with Crippen molar-refractivity contribution in [1.29, 1.82) is 0 Å². The molecule has 2 aromatic rings. The van der Waals surface area contributed by atoms with Gasteiger partial charge in [-0.05, 0) is 11.1 Å². The van der Waals surface area contributed by atoms with Crippen molar-refractivity contribution in [2.45, 2.75) is 5.60 Å². The van der Waals surface area contributed by atoms with Crippen LogP contribution in [0.3, 0.4) is 0 Å². The Balaban J connectivity index is 2.58. The van der Waals surface area contributed by atoms with Crippen molar-refractivity contribution in [3.05, 3.63) is 71.8 Å². The molecular weight excluding hydrogens is 212 g/mol. The minimum atomic E-state index is -1.14. The molecule has 0 saturated heterocycles. The summed E-state index contributed by atoms with van der Waals surface area (Å²) in [4.78, 5) is 11.4. The van der Waals surface area contributed by atoms with E-state index in [4.69, 9.17) is 4.74 Å². The zero-order valence-electron chi connectivity index (χ0n) is 9.59. The Bertz CT molecular complexity index is 437. The summed E-state index contributed by atoms with van der Waals surface area (Å²) in [5.74, 6) is 0. The van der Waals surface area contributed by atoms with Gasteiger partial charge in [0.2, 0.25) is 6.29 Å². The lowest BCUT2D eigenvalue weighted by atomic mass is 9.87. The van der Waals surface area contributed by atoms with Gasteiger partial charge in [0.25, 0.3) is 0 Å². The Morgan fingerprint density at radius 3 is 1.59 bits per heavy atom. The Morgan fingerprint density at radius 2 is 1.29 bits per heavy atom. The van der Waals surface area contributed by atoms with Crippen LogP contribution >= 0.6 is 0 Å². The first kappa shape index (κ1) is 11.6. The molecule has 0 spiro atoms. The zero-order valence-corrected chi connectivity index (χ0v) is 9.59. The van der Waals surface area contributed by atoms with Gasteiger partial charge < -0.3 is 4.74 Å². The van der Waals surface area contributed by atoms with E-state index in [1.165, 1.54) is 7.11 Å². The van der Waals surface area contributed by atoms with Crippen LogP contribution in [0, 0.1) is 0 Å². The second-order valence-corrected chi connectivity index (χ2v) is 3.72. The molecule has 0 aliphatic carbocycles. The summed E-state index contributed by atoms with van der Waals surface area (Å²) in [7, 11) is 1.52. The lowest BCUT2D eigenvalue weighted by molar-refractivity contribution is 0.0803. The zero-order chi connectivity index (χ0) is 12.1. The predicted octanol–water partition coefficient (Wildman–Crippen LogP) is 2.69. The first-order valence-electron chi connectivity index (χ1n) is 5.39. The van der Waals surface area contributed by atoms with Crippen molar-refractivity contribution in [2.75, 3.05) is 7.11 Å². The van der Waals surface area contributed by atoms with Gasteiger partial charge in [-0.1, -0.05) is 60.7 Å². The van der Waals surface area contributed by atoms with Crippen LogP contribution in [-0.2, 0) is 15.1 Å². The molecule has 0 atom stereocenters. The van der Waals surface area contributed by atoms with Crippen LogP contribution in [-0.4, -0.2) is 13.4 Å². The third kappa shape index (κ3) is 1.99. The van der Waals surface area contributed by atoms with Gasteiger partial charge in [0.15, 0.2) is 5.60 Å². The van der Waals surface area contributed by atoms with Crippen LogP contribution in [0.4, 0.5) is 0 Å². The van der Waals surface area contributed by atoms with Crippen LogP contribution < -0.4 is 0 Å². The number of ether oxygens (including phenoxy) is 1. The Kier molecular flexibility index (Phi) is 3.35. The van der Waals surface area contributed by atoms with E-state index in [0.717, 1.165) is 11.1 Å². The van der Waals surface area contributed by atoms with E-state index < -0.39 is 5.60 Å². The van der Waals surface area contributed by atoms with Gasteiger partial charge in [0.1, 0.15) is 0 Å². The summed E-state index contributed by atoms with van der Waals surface area (Å²) in [6.45, 7) is 0. The predicted molar refractivity (Wildman–Crippen MR) is 66.4 cm³/mol. The van der Waals surface area contributed by atoms with E-state index >= 15 is 0 Å². The fourth-order valence-corrected chi connectivity index (χ4v) is 1.91. The average Bonchev–Trinajstić information content (AvgIpc) is 2.43. The maximum atomic E-state index is 11.4. The molecule has 0 aromatic heterocycles. The summed E-state index contributed by atoms with van der Waals surface area (Å²) in [6.07, 6.45) is 2.03. The standard InChI is InChI=1S/C15H13O2/c1-17-15(12-16,13-8-4-2-5-9-13)14-10-6-3-7-11-14/h2-11H,1H3. The number of rotatable bonds is 4. The molecule has 2 aromatic carbocycles. The van der Waals surface area contributed by atoms with Crippen molar-refractivity contribution in [3.8, 4) is 0 Å². The number of carbonyl (C=O) groups excluding carboxylic acids is 1. The molecule has 0 unspecified atom stereocenters.